The van der Waals surface area contributed by atoms with E-state index in [1.807, 2.05) is 20.8 Å². The van der Waals surface area contributed by atoms with Gasteiger partial charge in [-0.3, -0.25) is 9.10 Å². The Morgan fingerprint density at radius 3 is 2.33 bits per heavy atom. The Balaban J connectivity index is 2.72. The Hall–Kier alpha value is -0.980. The number of carbonyl (C=O) groups is 1. The highest BCUT2D eigenvalue weighted by Gasteiger charge is 2.19. The fraction of sp³-hybridized carbons (Fsp3) is 0.562. The van der Waals surface area contributed by atoms with Crippen molar-refractivity contribution in [2.75, 3.05) is 17.1 Å². The lowest BCUT2D eigenvalue weighted by molar-refractivity contribution is -0.122. The fourth-order valence-electron chi connectivity index (χ4n) is 2.00. The van der Waals surface area contributed by atoms with Gasteiger partial charge in [0, 0.05) is 19.0 Å². The standard InChI is InChI=1S/C16H24Cl2N2O3S/c1-11(2)12(3)19-16(21)6-5-9-20(24(4,22)23)13-7-8-14(17)15(18)10-13/h7-8,10-12H,5-6,9H2,1-4H3,(H,19,21)/t12-/m0/s1. The summed E-state index contributed by atoms with van der Waals surface area (Å²) in [6.45, 7) is 6.20. The van der Waals surface area contributed by atoms with E-state index in [0.717, 1.165) is 6.26 Å². The van der Waals surface area contributed by atoms with E-state index in [9.17, 15) is 13.2 Å². The molecule has 0 heterocycles. The molecule has 1 atom stereocenters. The number of hydrogen-bond acceptors (Lipinski definition) is 3. The highest BCUT2D eigenvalue weighted by Crippen LogP contribution is 2.28. The van der Waals surface area contributed by atoms with Crippen LogP contribution in [0.15, 0.2) is 18.2 Å². The molecular formula is C16H24Cl2N2O3S. The van der Waals surface area contributed by atoms with Gasteiger partial charge in [0.15, 0.2) is 0 Å². The molecular weight excluding hydrogens is 371 g/mol. The van der Waals surface area contributed by atoms with E-state index in [-0.39, 0.29) is 29.9 Å². The quantitative estimate of drug-likeness (QED) is 0.730. The molecule has 0 bridgehead atoms. The Morgan fingerprint density at radius 1 is 1.21 bits per heavy atom. The van der Waals surface area contributed by atoms with Gasteiger partial charge in [0.2, 0.25) is 15.9 Å². The molecule has 0 spiro atoms. The maximum atomic E-state index is 12.0. The highest BCUT2D eigenvalue weighted by molar-refractivity contribution is 7.92. The van der Waals surface area contributed by atoms with Crippen LogP contribution in [0.4, 0.5) is 5.69 Å². The third kappa shape index (κ3) is 6.49. The van der Waals surface area contributed by atoms with E-state index >= 15 is 0 Å². The second-order valence-electron chi connectivity index (χ2n) is 6.14. The van der Waals surface area contributed by atoms with Crippen molar-refractivity contribution in [3.63, 3.8) is 0 Å². The number of carbonyl (C=O) groups excluding carboxylic acids is 1. The number of hydrogen-bond donors (Lipinski definition) is 1. The van der Waals surface area contributed by atoms with Crippen LogP contribution >= 0.6 is 23.2 Å². The summed E-state index contributed by atoms with van der Waals surface area (Å²) in [7, 11) is -3.48. The zero-order valence-corrected chi connectivity index (χ0v) is 16.7. The molecule has 5 nitrogen and oxygen atoms in total. The normalized spacial score (nSPS) is 13.0. The lowest BCUT2D eigenvalue weighted by Gasteiger charge is -2.23. The van der Waals surface area contributed by atoms with Crippen molar-refractivity contribution in [2.24, 2.45) is 5.92 Å². The number of amides is 1. The molecule has 0 aliphatic rings. The number of anilines is 1. The molecule has 136 valence electrons. The van der Waals surface area contributed by atoms with Gasteiger partial charge >= 0.3 is 0 Å². The maximum absolute atomic E-state index is 12.0. The number of sulfonamides is 1. The molecule has 1 aromatic rings. The first-order chi connectivity index (χ1) is 11.0. The van der Waals surface area contributed by atoms with Crippen molar-refractivity contribution in [3.05, 3.63) is 28.2 Å². The van der Waals surface area contributed by atoms with Crippen LogP contribution in [-0.4, -0.2) is 33.2 Å². The van der Waals surface area contributed by atoms with E-state index in [1.54, 1.807) is 12.1 Å². The second kappa shape index (κ2) is 8.92. The minimum atomic E-state index is -3.48. The first-order valence-electron chi connectivity index (χ1n) is 7.74. The predicted molar refractivity (Wildman–Crippen MR) is 100 cm³/mol. The highest BCUT2D eigenvalue weighted by atomic mass is 35.5. The van der Waals surface area contributed by atoms with Crippen LogP contribution in [0.5, 0.6) is 0 Å². The minimum absolute atomic E-state index is 0.0820. The van der Waals surface area contributed by atoms with Gasteiger partial charge in [0.25, 0.3) is 0 Å². The monoisotopic (exact) mass is 394 g/mol. The van der Waals surface area contributed by atoms with Crippen molar-refractivity contribution >= 4 is 44.8 Å². The van der Waals surface area contributed by atoms with Crippen LogP contribution in [0.2, 0.25) is 10.0 Å². The van der Waals surface area contributed by atoms with Gasteiger partial charge < -0.3 is 5.32 Å². The lowest BCUT2D eigenvalue weighted by atomic mass is 10.1. The van der Waals surface area contributed by atoms with Gasteiger partial charge in [-0.1, -0.05) is 37.0 Å². The summed E-state index contributed by atoms with van der Waals surface area (Å²) >= 11 is 11.8. The van der Waals surface area contributed by atoms with Crippen LogP contribution in [0.3, 0.4) is 0 Å². The topological polar surface area (TPSA) is 66.5 Å². The number of rotatable bonds is 8. The van der Waals surface area contributed by atoms with Gasteiger partial charge in [0.05, 0.1) is 22.0 Å². The Bertz CT molecular complexity index is 678. The molecule has 0 unspecified atom stereocenters. The second-order valence-corrected chi connectivity index (χ2v) is 8.86. The SMILES string of the molecule is CC(C)[C@H](C)NC(=O)CCCN(c1ccc(Cl)c(Cl)c1)S(C)(=O)=O. The smallest absolute Gasteiger partial charge is 0.232 e. The van der Waals surface area contributed by atoms with Crippen LogP contribution in [-0.2, 0) is 14.8 Å². The molecule has 0 aliphatic carbocycles. The van der Waals surface area contributed by atoms with Gasteiger partial charge in [-0.05, 0) is 37.5 Å². The molecule has 0 saturated heterocycles. The number of benzene rings is 1. The van der Waals surface area contributed by atoms with Crippen LogP contribution in [0.1, 0.15) is 33.6 Å². The molecule has 24 heavy (non-hydrogen) atoms. The van der Waals surface area contributed by atoms with Gasteiger partial charge in [-0.25, -0.2) is 8.42 Å². The van der Waals surface area contributed by atoms with Gasteiger partial charge in [-0.15, -0.1) is 0 Å². The zero-order chi connectivity index (χ0) is 18.5. The minimum Gasteiger partial charge on any atom is -0.353 e. The molecule has 0 radical (unpaired) electrons. The predicted octanol–water partition coefficient (Wildman–Crippen LogP) is 3.70. The van der Waals surface area contributed by atoms with Crippen LogP contribution < -0.4 is 9.62 Å². The Morgan fingerprint density at radius 2 is 1.83 bits per heavy atom. The molecule has 8 heteroatoms. The molecule has 1 amide bonds. The molecule has 1 aromatic carbocycles. The summed E-state index contributed by atoms with van der Waals surface area (Å²) in [4.78, 5) is 11.9. The average Bonchev–Trinajstić information content (AvgIpc) is 2.45. The lowest BCUT2D eigenvalue weighted by Crippen LogP contribution is -2.37. The average molecular weight is 395 g/mol. The van der Waals surface area contributed by atoms with Crippen molar-refractivity contribution in [1.82, 2.24) is 5.32 Å². The van der Waals surface area contributed by atoms with Crippen LogP contribution in [0.25, 0.3) is 0 Å². The summed E-state index contributed by atoms with van der Waals surface area (Å²) in [5.74, 6) is 0.261. The molecule has 1 rings (SSSR count). The maximum Gasteiger partial charge on any atom is 0.232 e. The van der Waals surface area contributed by atoms with E-state index in [0.29, 0.717) is 23.0 Å². The molecule has 0 saturated carbocycles. The summed E-state index contributed by atoms with van der Waals surface area (Å²) in [5, 5.41) is 3.54. The largest absolute Gasteiger partial charge is 0.353 e. The van der Waals surface area contributed by atoms with Crippen molar-refractivity contribution in [1.29, 1.82) is 0 Å². The molecule has 0 aromatic heterocycles. The zero-order valence-electron chi connectivity index (χ0n) is 14.3. The van der Waals surface area contributed by atoms with E-state index in [4.69, 9.17) is 23.2 Å². The Kier molecular flexibility index (Phi) is 7.83. The van der Waals surface area contributed by atoms with Gasteiger partial charge in [0.1, 0.15) is 0 Å². The summed E-state index contributed by atoms with van der Waals surface area (Å²) in [5.41, 5.74) is 0.433. The van der Waals surface area contributed by atoms with Crippen molar-refractivity contribution in [3.8, 4) is 0 Å². The van der Waals surface area contributed by atoms with Gasteiger partial charge in [-0.2, -0.15) is 0 Å². The van der Waals surface area contributed by atoms with Crippen LogP contribution in [0, 0.1) is 5.92 Å². The summed E-state index contributed by atoms with van der Waals surface area (Å²) < 4.78 is 25.3. The van der Waals surface area contributed by atoms with E-state index in [1.165, 1.54) is 10.4 Å². The molecule has 0 aliphatic heterocycles. The number of halogens is 2. The first-order valence-corrected chi connectivity index (χ1v) is 10.3. The fourth-order valence-corrected chi connectivity index (χ4v) is 3.25. The number of nitrogens with one attached hydrogen (secondary N) is 1. The van der Waals surface area contributed by atoms with Crippen molar-refractivity contribution < 1.29 is 13.2 Å². The van der Waals surface area contributed by atoms with E-state index in [2.05, 4.69) is 5.32 Å². The molecule has 1 N–H and O–H groups in total. The summed E-state index contributed by atoms with van der Waals surface area (Å²) in [6.07, 6.45) is 1.78. The Labute approximate surface area is 154 Å². The third-order valence-corrected chi connectivity index (χ3v) is 5.68. The van der Waals surface area contributed by atoms with E-state index < -0.39 is 10.0 Å². The first kappa shape index (κ1) is 21.1. The number of nitrogens with zero attached hydrogens (tertiary/aromatic N) is 1. The van der Waals surface area contributed by atoms with Crippen molar-refractivity contribution in [2.45, 2.75) is 39.7 Å². The third-order valence-electron chi connectivity index (χ3n) is 3.75. The molecule has 0 fully saturated rings. The summed E-state index contributed by atoms with van der Waals surface area (Å²) in [6, 6.07) is 4.73.